The summed E-state index contributed by atoms with van der Waals surface area (Å²) < 4.78 is 16.2. The Hall–Kier alpha value is -2.54. The zero-order valence-electron chi connectivity index (χ0n) is 12.6. The fourth-order valence-electron chi connectivity index (χ4n) is 2.23. The Morgan fingerprint density at radius 1 is 1.29 bits per heavy atom. The van der Waals surface area contributed by atoms with Crippen LogP contribution in [0.3, 0.4) is 0 Å². The van der Waals surface area contributed by atoms with Gasteiger partial charge in [0.25, 0.3) is 0 Å². The van der Waals surface area contributed by atoms with Crippen molar-refractivity contribution in [1.29, 1.82) is 0 Å². The number of rotatable bonds is 5. The largest absolute Gasteiger partial charge is 0.352 e. The van der Waals surface area contributed by atoms with Gasteiger partial charge in [-0.1, -0.05) is 22.0 Å². The first-order chi connectivity index (χ1) is 11.6. The Kier molecular flexibility index (Phi) is 5.00. The van der Waals surface area contributed by atoms with Crippen LogP contribution in [-0.2, 0) is 11.2 Å². The van der Waals surface area contributed by atoms with E-state index in [1.165, 1.54) is 18.2 Å². The molecule has 2 heterocycles. The minimum absolute atomic E-state index is 0.289. The Morgan fingerprint density at radius 2 is 2.17 bits per heavy atom. The predicted molar refractivity (Wildman–Crippen MR) is 92.8 cm³/mol. The zero-order valence-corrected chi connectivity index (χ0v) is 14.2. The first-order valence-corrected chi connectivity index (χ1v) is 8.12. The van der Waals surface area contributed by atoms with Crippen LogP contribution in [0.2, 0.25) is 0 Å². The van der Waals surface area contributed by atoms with Gasteiger partial charge < -0.3 is 5.32 Å². The van der Waals surface area contributed by atoms with Crippen molar-refractivity contribution in [1.82, 2.24) is 19.9 Å². The van der Waals surface area contributed by atoms with E-state index in [1.807, 2.05) is 28.8 Å². The van der Waals surface area contributed by atoms with Gasteiger partial charge in [-0.15, -0.1) is 10.2 Å². The molecule has 0 aliphatic rings. The third-order valence-electron chi connectivity index (χ3n) is 3.40. The van der Waals surface area contributed by atoms with E-state index in [1.54, 1.807) is 12.1 Å². The van der Waals surface area contributed by atoms with E-state index in [2.05, 4.69) is 31.4 Å². The third-order valence-corrected chi connectivity index (χ3v) is 3.90. The number of aromatic nitrogens is 3. The topological polar surface area (TPSA) is 59.3 Å². The summed E-state index contributed by atoms with van der Waals surface area (Å²) in [4.78, 5) is 11.8. The molecule has 0 aliphatic heterocycles. The first-order valence-electron chi connectivity index (χ1n) is 7.33. The summed E-state index contributed by atoms with van der Waals surface area (Å²) >= 11 is 3.27. The van der Waals surface area contributed by atoms with Crippen LogP contribution in [0.4, 0.5) is 4.39 Å². The Labute approximate surface area is 146 Å². The number of nitrogens with one attached hydrogen (secondary N) is 1. The van der Waals surface area contributed by atoms with Crippen molar-refractivity contribution in [3.63, 3.8) is 0 Å². The number of halogens is 2. The van der Waals surface area contributed by atoms with Gasteiger partial charge in [0.05, 0.1) is 0 Å². The Morgan fingerprint density at radius 3 is 3.04 bits per heavy atom. The highest BCUT2D eigenvalue weighted by Gasteiger charge is 2.05. The SMILES string of the molecule is O=C(/C=C/c1cc(Br)ccc1F)NCCc1nnc2ccccn12. The second-order valence-corrected chi connectivity index (χ2v) is 6.00. The minimum atomic E-state index is -0.378. The zero-order chi connectivity index (χ0) is 16.9. The van der Waals surface area contributed by atoms with E-state index in [4.69, 9.17) is 0 Å². The van der Waals surface area contributed by atoms with Gasteiger partial charge in [-0.05, 0) is 36.4 Å². The fraction of sp³-hybridized carbons (Fsp3) is 0.118. The number of benzene rings is 1. The number of nitrogens with zero attached hydrogens (tertiary/aromatic N) is 3. The van der Waals surface area contributed by atoms with Crippen LogP contribution in [0.1, 0.15) is 11.4 Å². The van der Waals surface area contributed by atoms with E-state index < -0.39 is 0 Å². The van der Waals surface area contributed by atoms with Crippen molar-refractivity contribution >= 4 is 33.6 Å². The molecule has 0 atom stereocenters. The average Bonchev–Trinajstić information content (AvgIpc) is 2.99. The smallest absolute Gasteiger partial charge is 0.244 e. The maximum Gasteiger partial charge on any atom is 0.244 e. The van der Waals surface area contributed by atoms with Gasteiger partial charge in [-0.3, -0.25) is 9.20 Å². The first kappa shape index (κ1) is 16.3. The molecule has 0 saturated heterocycles. The summed E-state index contributed by atoms with van der Waals surface area (Å²) in [5, 5.41) is 10.9. The molecular weight excluding hydrogens is 375 g/mol. The second-order valence-electron chi connectivity index (χ2n) is 5.09. The molecule has 7 heteroatoms. The van der Waals surface area contributed by atoms with Crippen molar-refractivity contribution < 1.29 is 9.18 Å². The number of carbonyl (C=O) groups is 1. The molecule has 0 bridgehead atoms. The quantitative estimate of drug-likeness (QED) is 0.683. The molecule has 122 valence electrons. The van der Waals surface area contributed by atoms with Gasteiger partial charge in [0.2, 0.25) is 5.91 Å². The molecule has 0 saturated carbocycles. The van der Waals surface area contributed by atoms with Crippen LogP contribution >= 0.6 is 15.9 Å². The molecular formula is C17H14BrFN4O. The molecule has 1 amide bonds. The molecule has 0 unspecified atom stereocenters. The summed E-state index contributed by atoms with van der Waals surface area (Å²) in [5.41, 5.74) is 1.12. The Balaban J connectivity index is 1.56. The van der Waals surface area contributed by atoms with E-state index >= 15 is 0 Å². The van der Waals surface area contributed by atoms with Crippen LogP contribution in [-0.4, -0.2) is 27.0 Å². The Bertz CT molecular complexity index is 906. The number of fused-ring (bicyclic) bond motifs is 1. The lowest BCUT2D eigenvalue weighted by Gasteiger charge is -2.02. The van der Waals surface area contributed by atoms with Crippen molar-refractivity contribution in [2.24, 2.45) is 0 Å². The summed E-state index contributed by atoms with van der Waals surface area (Å²) in [5.74, 6) is 0.105. The molecule has 1 N–H and O–H groups in total. The summed E-state index contributed by atoms with van der Waals surface area (Å²) in [7, 11) is 0. The van der Waals surface area contributed by atoms with E-state index in [0.29, 0.717) is 18.5 Å². The lowest BCUT2D eigenvalue weighted by atomic mass is 10.2. The molecule has 3 aromatic rings. The fourth-order valence-corrected chi connectivity index (χ4v) is 2.60. The second kappa shape index (κ2) is 7.35. The van der Waals surface area contributed by atoms with Gasteiger partial charge in [-0.25, -0.2) is 4.39 Å². The number of hydrogen-bond donors (Lipinski definition) is 1. The molecule has 1 aromatic carbocycles. The third kappa shape index (κ3) is 3.86. The van der Waals surface area contributed by atoms with Crippen LogP contribution in [0.15, 0.2) is 53.1 Å². The molecule has 0 spiro atoms. The van der Waals surface area contributed by atoms with Gasteiger partial charge in [0, 0.05) is 35.3 Å². The summed E-state index contributed by atoms with van der Waals surface area (Å²) in [6.45, 7) is 0.416. The van der Waals surface area contributed by atoms with Crippen LogP contribution < -0.4 is 5.32 Å². The van der Waals surface area contributed by atoms with Crippen LogP contribution in [0, 0.1) is 5.82 Å². The van der Waals surface area contributed by atoms with Gasteiger partial charge in [0.1, 0.15) is 11.6 Å². The molecule has 0 fully saturated rings. The highest BCUT2D eigenvalue weighted by molar-refractivity contribution is 9.10. The molecule has 24 heavy (non-hydrogen) atoms. The van der Waals surface area contributed by atoms with Gasteiger partial charge in [0.15, 0.2) is 5.65 Å². The predicted octanol–water partition coefficient (Wildman–Crippen LogP) is 3.00. The van der Waals surface area contributed by atoms with Gasteiger partial charge >= 0.3 is 0 Å². The lowest BCUT2D eigenvalue weighted by Crippen LogP contribution is -2.24. The molecule has 0 aliphatic carbocycles. The molecule has 0 radical (unpaired) electrons. The highest BCUT2D eigenvalue weighted by atomic mass is 79.9. The molecule has 2 aromatic heterocycles. The standard InChI is InChI=1S/C17H14BrFN4O/c18-13-5-6-14(19)12(11-13)4-7-17(24)20-9-8-16-22-21-15-3-1-2-10-23(15)16/h1-7,10-11H,8-9H2,(H,20,24)/b7-4+. The number of hydrogen-bond acceptors (Lipinski definition) is 3. The summed E-state index contributed by atoms with van der Waals surface area (Å²) in [6, 6.07) is 10.2. The van der Waals surface area contributed by atoms with E-state index in [-0.39, 0.29) is 11.7 Å². The van der Waals surface area contributed by atoms with Crippen molar-refractivity contribution in [3.05, 3.63) is 70.3 Å². The average molecular weight is 389 g/mol. The number of amides is 1. The van der Waals surface area contributed by atoms with Crippen molar-refractivity contribution in [2.75, 3.05) is 6.54 Å². The number of carbonyl (C=O) groups excluding carboxylic acids is 1. The molecule has 3 rings (SSSR count). The van der Waals surface area contributed by atoms with Gasteiger partial charge in [-0.2, -0.15) is 0 Å². The van der Waals surface area contributed by atoms with E-state index in [0.717, 1.165) is 15.9 Å². The van der Waals surface area contributed by atoms with Crippen LogP contribution in [0.25, 0.3) is 11.7 Å². The van der Waals surface area contributed by atoms with Crippen molar-refractivity contribution in [2.45, 2.75) is 6.42 Å². The maximum absolute atomic E-state index is 13.6. The minimum Gasteiger partial charge on any atom is -0.352 e. The monoisotopic (exact) mass is 388 g/mol. The lowest BCUT2D eigenvalue weighted by molar-refractivity contribution is -0.116. The number of pyridine rings is 1. The normalized spacial score (nSPS) is 11.2. The van der Waals surface area contributed by atoms with Crippen molar-refractivity contribution in [3.8, 4) is 0 Å². The van der Waals surface area contributed by atoms with Crippen LogP contribution in [0.5, 0.6) is 0 Å². The highest BCUT2D eigenvalue weighted by Crippen LogP contribution is 2.16. The maximum atomic E-state index is 13.6. The molecule has 5 nitrogen and oxygen atoms in total. The van der Waals surface area contributed by atoms with E-state index in [9.17, 15) is 9.18 Å². The summed E-state index contributed by atoms with van der Waals surface area (Å²) in [6.07, 6.45) is 5.19.